The first-order chi connectivity index (χ1) is 17.0. The molecule has 0 saturated carbocycles. The Morgan fingerprint density at radius 1 is 1.20 bits per heavy atom. The second-order valence-corrected chi connectivity index (χ2v) is 9.12. The van der Waals surface area contributed by atoms with Crippen LogP contribution in [-0.4, -0.2) is 55.0 Å². The molecule has 0 bridgehead atoms. The Balaban J connectivity index is 1.52. The smallest absolute Gasteiger partial charge is 0.254 e. The van der Waals surface area contributed by atoms with Gasteiger partial charge in [0.2, 0.25) is 5.91 Å². The molecule has 1 atom stereocenters. The van der Waals surface area contributed by atoms with E-state index in [9.17, 15) is 14.0 Å². The minimum Gasteiger partial charge on any atom is -0.497 e. The quantitative estimate of drug-likeness (QED) is 0.404. The summed E-state index contributed by atoms with van der Waals surface area (Å²) in [4.78, 5) is 31.2. The molecule has 1 aliphatic heterocycles. The Labute approximate surface area is 208 Å². The number of halogens is 1. The summed E-state index contributed by atoms with van der Waals surface area (Å²) in [5.74, 6) is 0.314. The lowest BCUT2D eigenvalue weighted by Gasteiger charge is -2.37. The van der Waals surface area contributed by atoms with Gasteiger partial charge in [-0.15, -0.1) is 17.9 Å². The van der Waals surface area contributed by atoms with E-state index in [1.165, 1.54) is 29.0 Å². The predicted molar refractivity (Wildman–Crippen MR) is 133 cm³/mol. The van der Waals surface area contributed by atoms with Crippen molar-refractivity contribution in [1.29, 1.82) is 0 Å². The molecule has 1 aromatic heterocycles. The molecule has 0 spiro atoms. The third-order valence-corrected chi connectivity index (χ3v) is 6.91. The van der Waals surface area contributed by atoms with Crippen molar-refractivity contribution in [2.24, 2.45) is 0 Å². The number of amides is 2. The van der Waals surface area contributed by atoms with Gasteiger partial charge in [0.25, 0.3) is 5.91 Å². The Morgan fingerprint density at radius 2 is 2.00 bits per heavy atom. The molecule has 0 saturated heterocycles. The fourth-order valence-electron chi connectivity index (χ4n) is 4.15. The zero-order valence-corrected chi connectivity index (χ0v) is 20.3. The number of hydrogen-bond acceptors (Lipinski definition) is 5. The van der Waals surface area contributed by atoms with Crippen LogP contribution in [0.4, 0.5) is 4.39 Å². The van der Waals surface area contributed by atoms with Gasteiger partial charge in [0, 0.05) is 23.5 Å². The predicted octanol–water partition coefficient (Wildman–Crippen LogP) is 4.73. The zero-order chi connectivity index (χ0) is 24.8. The van der Waals surface area contributed by atoms with Crippen molar-refractivity contribution >= 4 is 23.2 Å². The summed E-state index contributed by atoms with van der Waals surface area (Å²) in [5, 5.41) is 2.01. The molecule has 35 heavy (non-hydrogen) atoms. The van der Waals surface area contributed by atoms with Gasteiger partial charge in [0.1, 0.15) is 30.5 Å². The van der Waals surface area contributed by atoms with Crippen LogP contribution in [0.5, 0.6) is 11.5 Å². The van der Waals surface area contributed by atoms with Crippen molar-refractivity contribution in [2.75, 3.05) is 33.4 Å². The van der Waals surface area contributed by atoms with Crippen molar-refractivity contribution in [3.8, 4) is 11.5 Å². The van der Waals surface area contributed by atoms with Gasteiger partial charge in [0.15, 0.2) is 0 Å². The minimum atomic E-state index is -0.338. The van der Waals surface area contributed by atoms with Crippen molar-refractivity contribution in [3.05, 3.63) is 94.5 Å². The van der Waals surface area contributed by atoms with Crippen LogP contribution in [0.3, 0.4) is 0 Å². The third-order valence-electron chi connectivity index (χ3n) is 5.92. The molecule has 4 rings (SSSR count). The molecular formula is C27H27FN2O4S. The number of rotatable bonds is 9. The standard InChI is InChI=1S/C27H27FN2O4S/c1-3-13-29(27(32)19-5-4-6-22(16-19)33-2)17-26(31)30-14-11-25-23(12-15-35-25)24(30)18-34-21-9-7-20(28)8-10-21/h3-10,12,15-16,24H,1,11,13-14,17-18H2,2H3. The van der Waals surface area contributed by atoms with Crippen LogP contribution >= 0.6 is 11.3 Å². The number of ether oxygens (including phenoxy) is 2. The van der Waals surface area contributed by atoms with Crippen LogP contribution in [0.25, 0.3) is 0 Å². The fraction of sp³-hybridized carbons (Fsp3) is 0.259. The number of fused-ring (bicyclic) bond motifs is 1. The number of nitrogens with zero attached hydrogens (tertiary/aromatic N) is 2. The SMILES string of the molecule is C=CCN(CC(=O)N1CCc2sccc2C1COc1ccc(F)cc1)C(=O)c1cccc(OC)c1. The number of benzene rings is 2. The first-order valence-corrected chi connectivity index (χ1v) is 12.2. The molecule has 3 aromatic rings. The van der Waals surface area contributed by atoms with Crippen molar-refractivity contribution < 1.29 is 23.5 Å². The molecular weight excluding hydrogens is 467 g/mol. The lowest BCUT2D eigenvalue weighted by atomic mass is 10.0. The van der Waals surface area contributed by atoms with Gasteiger partial charge in [-0.05, 0) is 65.9 Å². The maximum Gasteiger partial charge on any atom is 0.254 e. The van der Waals surface area contributed by atoms with E-state index in [4.69, 9.17) is 9.47 Å². The van der Waals surface area contributed by atoms with Crippen molar-refractivity contribution in [3.63, 3.8) is 0 Å². The van der Waals surface area contributed by atoms with E-state index in [0.717, 1.165) is 12.0 Å². The van der Waals surface area contributed by atoms with Gasteiger partial charge in [-0.2, -0.15) is 0 Å². The number of methoxy groups -OCH3 is 1. The van der Waals surface area contributed by atoms with Gasteiger partial charge in [-0.1, -0.05) is 12.1 Å². The van der Waals surface area contributed by atoms with Crippen LogP contribution in [0.1, 0.15) is 26.8 Å². The Kier molecular flexibility index (Phi) is 7.82. The van der Waals surface area contributed by atoms with Gasteiger partial charge in [-0.25, -0.2) is 4.39 Å². The lowest BCUT2D eigenvalue weighted by Crippen LogP contribution is -2.47. The van der Waals surface area contributed by atoms with Crippen LogP contribution < -0.4 is 9.47 Å². The number of carbonyl (C=O) groups excluding carboxylic acids is 2. The molecule has 1 unspecified atom stereocenters. The summed E-state index contributed by atoms with van der Waals surface area (Å²) in [6, 6.07) is 14.4. The monoisotopic (exact) mass is 494 g/mol. The Hall–Kier alpha value is -3.65. The maximum atomic E-state index is 13.5. The average molecular weight is 495 g/mol. The molecule has 8 heteroatoms. The zero-order valence-electron chi connectivity index (χ0n) is 19.5. The van der Waals surface area contributed by atoms with Gasteiger partial charge >= 0.3 is 0 Å². The second-order valence-electron chi connectivity index (χ2n) is 8.12. The summed E-state index contributed by atoms with van der Waals surface area (Å²) >= 11 is 1.66. The first kappa shape index (κ1) is 24.5. The first-order valence-electron chi connectivity index (χ1n) is 11.3. The van der Waals surface area contributed by atoms with E-state index in [2.05, 4.69) is 6.58 Å². The van der Waals surface area contributed by atoms with Gasteiger partial charge < -0.3 is 19.3 Å². The molecule has 2 aromatic carbocycles. The normalized spacial score (nSPS) is 14.7. The summed E-state index contributed by atoms with van der Waals surface area (Å²) in [6.45, 7) is 4.65. The summed E-state index contributed by atoms with van der Waals surface area (Å²) in [5.41, 5.74) is 1.49. The maximum absolute atomic E-state index is 13.5. The molecule has 6 nitrogen and oxygen atoms in total. The Bertz CT molecular complexity index is 1190. The lowest BCUT2D eigenvalue weighted by molar-refractivity contribution is -0.135. The number of carbonyl (C=O) groups is 2. The van der Waals surface area contributed by atoms with E-state index >= 15 is 0 Å². The highest BCUT2D eigenvalue weighted by atomic mass is 32.1. The highest BCUT2D eigenvalue weighted by Crippen LogP contribution is 2.34. The van der Waals surface area contributed by atoms with Crippen molar-refractivity contribution in [2.45, 2.75) is 12.5 Å². The van der Waals surface area contributed by atoms with Gasteiger partial charge in [0.05, 0.1) is 13.2 Å². The molecule has 1 aliphatic rings. The summed E-state index contributed by atoms with van der Waals surface area (Å²) < 4.78 is 24.4. The van der Waals surface area contributed by atoms with Gasteiger partial charge in [-0.3, -0.25) is 9.59 Å². The Morgan fingerprint density at radius 3 is 2.74 bits per heavy atom. The molecule has 2 heterocycles. The highest BCUT2D eigenvalue weighted by Gasteiger charge is 2.33. The van der Waals surface area contributed by atoms with Crippen LogP contribution in [0, 0.1) is 5.82 Å². The number of hydrogen-bond donors (Lipinski definition) is 0. The minimum absolute atomic E-state index is 0.0887. The van der Waals surface area contributed by atoms with Crippen LogP contribution in [0.15, 0.2) is 72.6 Å². The van der Waals surface area contributed by atoms with Crippen molar-refractivity contribution in [1.82, 2.24) is 9.80 Å². The highest BCUT2D eigenvalue weighted by molar-refractivity contribution is 7.10. The van der Waals surface area contributed by atoms with E-state index in [1.54, 1.807) is 58.7 Å². The topological polar surface area (TPSA) is 59.1 Å². The molecule has 2 amide bonds. The van der Waals surface area contributed by atoms with E-state index < -0.39 is 0 Å². The largest absolute Gasteiger partial charge is 0.497 e. The fourth-order valence-corrected chi connectivity index (χ4v) is 5.08. The third kappa shape index (κ3) is 5.71. The van der Waals surface area contributed by atoms with E-state index in [-0.39, 0.29) is 43.4 Å². The summed E-state index contributed by atoms with van der Waals surface area (Å²) in [6.07, 6.45) is 2.35. The second kappa shape index (κ2) is 11.2. The van der Waals surface area contributed by atoms with Crippen LogP contribution in [-0.2, 0) is 11.2 Å². The van der Waals surface area contributed by atoms with E-state index in [0.29, 0.717) is 23.6 Å². The molecule has 0 N–H and O–H groups in total. The van der Waals surface area contributed by atoms with Crippen LogP contribution in [0.2, 0.25) is 0 Å². The van der Waals surface area contributed by atoms with E-state index in [1.807, 2.05) is 11.4 Å². The molecule has 0 aliphatic carbocycles. The molecule has 0 fully saturated rings. The number of thiophene rings is 1. The molecule has 0 radical (unpaired) electrons. The molecule has 182 valence electrons. The average Bonchev–Trinajstić information content (AvgIpc) is 3.36. The summed E-state index contributed by atoms with van der Waals surface area (Å²) in [7, 11) is 1.54.